The van der Waals surface area contributed by atoms with Crippen LogP contribution in [0.3, 0.4) is 0 Å². The van der Waals surface area contributed by atoms with Crippen LogP contribution >= 0.6 is 11.8 Å². The summed E-state index contributed by atoms with van der Waals surface area (Å²) in [6.07, 6.45) is 3.28. The van der Waals surface area contributed by atoms with Crippen LogP contribution in [-0.2, 0) is 11.3 Å². The van der Waals surface area contributed by atoms with Gasteiger partial charge >= 0.3 is 17.6 Å². The fraction of sp³-hybridized carbons (Fsp3) is 0.391. The number of unbranched alkanes of at least 4 members (excludes halogenated alkanes) is 1. The molecule has 1 aliphatic rings. The van der Waals surface area contributed by atoms with E-state index in [1.807, 2.05) is 6.92 Å². The van der Waals surface area contributed by atoms with E-state index in [0.717, 1.165) is 17.7 Å². The molecule has 1 aromatic carbocycles. The highest BCUT2D eigenvalue weighted by Crippen LogP contribution is 2.39. The second kappa shape index (κ2) is 10.5. The number of amides is 5. The molecule has 3 rings (SSSR count). The van der Waals surface area contributed by atoms with Crippen molar-refractivity contribution in [2.75, 3.05) is 16.8 Å². The van der Waals surface area contributed by atoms with Crippen molar-refractivity contribution in [1.29, 1.82) is 0 Å². The number of alkyl halides is 3. The number of nitrogens with one attached hydrogen (secondary N) is 2. The summed E-state index contributed by atoms with van der Waals surface area (Å²) in [6.45, 7) is 5.81. The zero-order valence-corrected chi connectivity index (χ0v) is 20.3. The number of urea groups is 2. The van der Waals surface area contributed by atoms with Gasteiger partial charge in [0.05, 0.1) is 5.69 Å². The largest absolute Gasteiger partial charge is 0.446 e. The average molecular weight is 510 g/mol. The maximum absolute atomic E-state index is 13.2. The minimum atomic E-state index is -4.44. The van der Waals surface area contributed by atoms with Gasteiger partial charge in [0.1, 0.15) is 11.4 Å². The third-order valence-electron chi connectivity index (χ3n) is 5.37. The number of imide groups is 1. The van der Waals surface area contributed by atoms with Crippen molar-refractivity contribution in [1.82, 2.24) is 15.2 Å². The summed E-state index contributed by atoms with van der Waals surface area (Å²) in [5.41, 5.74) is -4.82. The number of carbonyl (C=O) groups is 3. The van der Waals surface area contributed by atoms with Crippen LogP contribution in [0.2, 0.25) is 0 Å². The van der Waals surface area contributed by atoms with E-state index >= 15 is 0 Å². The molecule has 5 amide bonds. The van der Waals surface area contributed by atoms with Crippen LogP contribution in [0.5, 0.6) is 0 Å². The van der Waals surface area contributed by atoms with E-state index in [0.29, 0.717) is 17.9 Å². The number of aromatic nitrogens is 1. The molecule has 1 saturated heterocycles. The van der Waals surface area contributed by atoms with Crippen LogP contribution < -0.4 is 15.5 Å². The maximum atomic E-state index is 13.2. The summed E-state index contributed by atoms with van der Waals surface area (Å²) >= 11 is -0.273. The Kier molecular flexibility index (Phi) is 7.93. The highest BCUT2D eigenvalue weighted by molar-refractivity contribution is 8.00. The van der Waals surface area contributed by atoms with Gasteiger partial charge in [0, 0.05) is 24.2 Å². The Hall–Kier alpha value is -3.28. The molecule has 0 spiro atoms. The molecule has 0 bridgehead atoms. The average Bonchev–Trinajstić information content (AvgIpc) is 2.93. The Bertz CT molecular complexity index is 1090. The van der Waals surface area contributed by atoms with E-state index in [4.69, 9.17) is 0 Å². The van der Waals surface area contributed by atoms with E-state index in [2.05, 4.69) is 15.6 Å². The lowest BCUT2D eigenvalue weighted by molar-refractivity contribution is -0.123. The lowest BCUT2D eigenvalue weighted by Gasteiger charge is -2.27. The van der Waals surface area contributed by atoms with Gasteiger partial charge in [-0.15, -0.1) is 0 Å². The lowest BCUT2D eigenvalue weighted by atomic mass is 10.0. The zero-order valence-electron chi connectivity index (χ0n) is 19.5. The van der Waals surface area contributed by atoms with E-state index in [1.165, 1.54) is 35.4 Å². The first-order valence-corrected chi connectivity index (χ1v) is 11.8. The van der Waals surface area contributed by atoms with Crippen molar-refractivity contribution in [3.05, 3.63) is 48.2 Å². The van der Waals surface area contributed by atoms with Crippen LogP contribution in [0, 0.1) is 0 Å². The van der Waals surface area contributed by atoms with Gasteiger partial charge in [-0.2, -0.15) is 13.2 Å². The highest BCUT2D eigenvalue weighted by atomic mass is 32.2. The first-order chi connectivity index (χ1) is 16.4. The Morgan fingerprint density at radius 2 is 1.83 bits per heavy atom. The fourth-order valence-corrected chi connectivity index (χ4v) is 4.03. The molecule has 2 N–H and O–H groups in total. The quantitative estimate of drug-likeness (QED) is 0.284. The van der Waals surface area contributed by atoms with Gasteiger partial charge in [-0.1, -0.05) is 13.3 Å². The first kappa shape index (κ1) is 26.3. The summed E-state index contributed by atoms with van der Waals surface area (Å²) in [5.74, 6) is -0.205. The molecule has 1 fully saturated rings. The van der Waals surface area contributed by atoms with E-state index in [1.54, 1.807) is 26.0 Å². The number of hydrogen-bond donors (Lipinski definition) is 2. The molecule has 188 valence electrons. The topological polar surface area (TPSA) is 94.6 Å². The predicted molar refractivity (Wildman–Crippen MR) is 127 cm³/mol. The van der Waals surface area contributed by atoms with Crippen LogP contribution in [0.15, 0.2) is 47.5 Å². The standard InChI is InChI=1S/C23H26F3N5O3S/c1-4-5-11-28-20(33)29-18-13-15(10-12-27-18)14-30-21(34)31(19(32)22(30,2)3)16-6-8-17(9-7-16)35-23(24,25)26/h6-10,12-13H,4-5,11,14H2,1-3H3,(H2,27,28,29,33). The summed E-state index contributed by atoms with van der Waals surface area (Å²) in [7, 11) is 0. The molecule has 12 heteroatoms. The van der Waals surface area contributed by atoms with Crippen molar-refractivity contribution in [3.63, 3.8) is 0 Å². The number of anilines is 2. The van der Waals surface area contributed by atoms with Crippen molar-refractivity contribution >= 4 is 41.2 Å². The monoisotopic (exact) mass is 509 g/mol. The minimum absolute atomic E-state index is 0.0491. The van der Waals surface area contributed by atoms with Gasteiger partial charge in [0.2, 0.25) is 0 Å². The smallest absolute Gasteiger partial charge is 0.338 e. The van der Waals surface area contributed by atoms with Gasteiger partial charge in [0.15, 0.2) is 0 Å². The second-order valence-corrected chi connectivity index (χ2v) is 9.53. The molecule has 0 unspecified atom stereocenters. The zero-order chi connectivity index (χ0) is 25.8. The van der Waals surface area contributed by atoms with Gasteiger partial charge < -0.3 is 10.2 Å². The van der Waals surface area contributed by atoms with Crippen LogP contribution in [0.25, 0.3) is 0 Å². The number of carbonyl (C=O) groups excluding carboxylic acids is 3. The molecular weight excluding hydrogens is 483 g/mol. The first-order valence-electron chi connectivity index (χ1n) is 10.9. The molecule has 2 heterocycles. The number of nitrogens with zero attached hydrogens (tertiary/aromatic N) is 3. The molecule has 0 aliphatic carbocycles. The van der Waals surface area contributed by atoms with E-state index in [9.17, 15) is 27.6 Å². The van der Waals surface area contributed by atoms with Gasteiger partial charge in [0.25, 0.3) is 5.91 Å². The fourth-order valence-electron chi connectivity index (χ4n) is 3.49. The summed E-state index contributed by atoms with van der Waals surface area (Å²) in [6, 6.07) is 7.35. The molecule has 2 aromatic rings. The summed E-state index contributed by atoms with van der Waals surface area (Å²) < 4.78 is 37.8. The molecule has 1 aromatic heterocycles. The molecular formula is C23H26F3N5O3S. The number of pyridine rings is 1. The Labute approximate surface area is 205 Å². The predicted octanol–water partition coefficient (Wildman–Crippen LogP) is 5.36. The van der Waals surface area contributed by atoms with Gasteiger partial charge in [-0.25, -0.2) is 19.5 Å². The molecule has 0 saturated carbocycles. The van der Waals surface area contributed by atoms with E-state index < -0.39 is 29.0 Å². The van der Waals surface area contributed by atoms with Crippen molar-refractivity contribution in [3.8, 4) is 0 Å². The van der Waals surface area contributed by atoms with Gasteiger partial charge in [-0.3, -0.25) is 10.1 Å². The van der Waals surface area contributed by atoms with Crippen molar-refractivity contribution in [2.24, 2.45) is 0 Å². The summed E-state index contributed by atoms with van der Waals surface area (Å²) in [5, 5.41) is 5.36. The van der Waals surface area contributed by atoms with Gasteiger partial charge in [-0.05, 0) is 74.0 Å². The van der Waals surface area contributed by atoms with Crippen LogP contribution in [-0.4, -0.2) is 45.4 Å². The highest BCUT2D eigenvalue weighted by Gasteiger charge is 2.51. The molecule has 0 atom stereocenters. The van der Waals surface area contributed by atoms with E-state index in [-0.39, 0.29) is 28.9 Å². The normalized spacial score (nSPS) is 15.5. The number of hydrogen-bond acceptors (Lipinski definition) is 5. The molecule has 0 radical (unpaired) electrons. The Balaban J connectivity index is 1.75. The third kappa shape index (κ3) is 6.44. The molecule has 1 aliphatic heterocycles. The van der Waals surface area contributed by atoms with Crippen molar-refractivity contribution < 1.29 is 27.6 Å². The number of thioether (sulfide) groups is 1. The second-order valence-electron chi connectivity index (χ2n) is 8.39. The Morgan fingerprint density at radius 3 is 2.46 bits per heavy atom. The maximum Gasteiger partial charge on any atom is 0.446 e. The third-order valence-corrected chi connectivity index (χ3v) is 6.11. The molecule has 35 heavy (non-hydrogen) atoms. The van der Waals surface area contributed by atoms with Crippen LogP contribution in [0.1, 0.15) is 39.2 Å². The number of benzene rings is 1. The SMILES string of the molecule is CCCCNC(=O)Nc1cc(CN2C(=O)N(c3ccc(SC(F)(F)F)cc3)C(=O)C2(C)C)ccn1. The lowest BCUT2D eigenvalue weighted by Crippen LogP contribution is -2.43. The number of halogens is 3. The number of rotatable bonds is 8. The summed E-state index contributed by atoms with van der Waals surface area (Å²) in [4.78, 5) is 44.7. The van der Waals surface area contributed by atoms with Crippen molar-refractivity contribution in [2.45, 2.75) is 56.1 Å². The molecule has 8 nitrogen and oxygen atoms in total. The Morgan fingerprint density at radius 1 is 1.14 bits per heavy atom. The minimum Gasteiger partial charge on any atom is -0.338 e. The van der Waals surface area contributed by atoms with Crippen LogP contribution in [0.4, 0.5) is 34.3 Å².